The second kappa shape index (κ2) is 18.1. The highest BCUT2D eigenvalue weighted by atomic mass is 16.8. The van der Waals surface area contributed by atoms with Crippen LogP contribution in [0.2, 0.25) is 0 Å². The van der Waals surface area contributed by atoms with E-state index in [2.05, 4.69) is 6.08 Å². The van der Waals surface area contributed by atoms with Crippen LogP contribution < -0.4 is 4.74 Å². The molecule has 2 N–H and O–H groups in total. The molecule has 0 aliphatic carbocycles. The summed E-state index contributed by atoms with van der Waals surface area (Å²) in [4.78, 5) is 46.8. The Bertz CT molecular complexity index is 1320. The number of aliphatic hydroxyl groups is 1. The van der Waals surface area contributed by atoms with Crippen LogP contribution in [-0.2, 0) is 49.3 Å². The molecule has 1 saturated heterocycles. The number of aliphatic hydroxyl groups excluding tert-OH is 1. The largest absolute Gasteiger partial charge is 0.508 e. The van der Waals surface area contributed by atoms with E-state index in [9.17, 15) is 29.4 Å². The monoisotopic (exact) mass is 646 g/mol. The predicted molar refractivity (Wildman–Crippen MR) is 166 cm³/mol. The first-order valence-electron chi connectivity index (χ1n) is 15.0. The molecule has 254 valence electrons. The fraction of sp³-hybridized carbons (Fsp3) is 0.529. The van der Waals surface area contributed by atoms with Crippen molar-refractivity contribution in [2.75, 3.05) is 0 Å². The summed E-state index contributed by atoms with van der Waals surface area (Å²) in [5.74, 6) is -2.43. The molecular weight excluding hydrogens is 600 g/mol. The Kier molecular flexibility index (Phi) is 15.0. The number of carbonyl (C=O) groups excluding carboxylic acids is 4. The van der Waals surface area contributed by atoms with Gasteiger partial charge in [-0.15, -0.1) is 0 Å². The van der Waals surface area contributed by atoms with E-state index in [1.807, 2.05) is 39.8 Å². The van der Waals surface area contributed by atoms with E-state index < -0.39 is 48.8 Å². The number of hydrogen-bond acceptors (Lipinski definition) is 12. The van der Waals surface area contributed by atoms with E-state index in [0.29, 0.717) is 18.4 Å². The molecule has 6 atom stereocenters. The molecule has 1 heterocycles. The quantitative estimate of drug-likeness (QED) is 0.162. The molecule has 12 nitrogen and oxygen atoms in total. The number of hydrogen-bond donors (Lipinski definition) is 2. The van der Waals surface area contributed by atoms with Gasteiger partial charge in [0.2, 0.25) is 18.7 Å². The number of benzene rings is 1. The summed E-state index contributed by atoms with van der Waals surface area (Å²) >= 11 is 0. The van der Waals surface area contributed by atoms with Crippen LogP contribution in [0.4, 0.5) is 0 Å². The zero-order chi connectivity index (χ0) is 34.6. The van der Waals surface area contributed by atoms with Gasteiger partial charge in [-0.25, -0.2) is 0 Å². The van der Waals surface area contributed by atoms with Crippen LogP contribution in [0, 0.1) is 0 Å². The van der Waals surface area contributed by atoms with Gasteiger partial charge in [-0.1, -0.05) is 28.9 Å². The van der Waals surface area contributed by atoms with Crippen LogP contribution in [-0.4, -0.2) is 71.1 Å². The van der Waals surface area contributed by atoms with Gasteiger partial charge in [0.25, 0.3) is 0 Å². The third-order valence-corrected chi connectivity index (χ3v) is 6.71. The summed E-state index contributed by atoms with van der Waals surface area (Å²) in [6.07, 6.45) is 0.542. The lowest BCUT2D eigenvalue weighted by Crippen LogP contribution is -2.62. The van der Waals surface area contributed by atoms with Gasteiger partial charge in [-0.2, -0.15) is 0 Å². The van der Waals surface area contributed by atoms with Crippen molar-refractivity contribution in [3.05, 3.63) is 58.7 Å². The number of phenols is 1. The van der Waals surface area contributed by atoms with Crippen LogP contribution in [0.5, 0.6) is 11.5 Å². The Balaban J connectivity index is 2.19. The molecule has 1 aromatic rings. The van der Waals surface area contributed by atoms with Gasteiger partial charge in [0, 0.05) is 39.7 Å². The third-order valence-electron chi connectivity index (χ3n) is 6.71. The Labute approximate surface area is 269 Å². The van der Waals surface area contributed by atoms with Gasteiger partial charge in [0.1, 0.15) is 17.6 Å². The summed E-state index contributed by atoms with van der Waals surface area (Å²) in [7, 11) is 0. The normalized spacial score (nSPS) is 22.2. The minimum atomic E-state index is -1.65. The molecule has 6 unspecified atom stereocenters. The number of aromatic hydroxyl groups is 1. The molecule has 0 aromatic heterocycles. The van der Waals surface area contributed by atoms with Gasteiger partial charge in [0.05, 0.1) is 0 Å². The lowest BCUT2D eigenvalue weighted by Gasteiger charge is -2.42. The molecule has 1 aromatic carbocycles. The van der Waals surface area contributed by atoms with Crippen molar-refractivity contribution in [3.8, 4) is 11.5 Å². The van der Waals surface area contributed by atoms with E-state index in [-0.39, 0.29) is 23.6 Å². The molecule has 12 heteroatoms. The molecule has 1 fully saturated rings. The van der Waals surface area contributed by atoms with E-state index in [1.54, 1.807) is 0 Å². The number of carbonyl (C=O) groups is 4. The Hall–Kier alpha value is -4.16. The minimum absolute atomic E-state index is 0.0127. The first-order chi connectivity index (χ1) is 21.5. The molecule has 0 amide bonds. The topological polar surface area (TPSA) is 164 Å². The van der Waals surface area contributed by atoms with Crippen LogP contribution >= 0.6 is 0 Å². The number of esters is 4. The molecule has 1 aliphatic rings. The van der Waals surface area contributed by atoms with E-state index in [1.165, 1.54) is 25.1 Å². The van der Waals surface area contributed by atoms with Crippen LogP contribution in [0.3, 0.4) is 0 Å². The van der Waals surface area contributed by atoms with Crippen molar-refractivity contribution in [2.45, 2.75) is 118 Å². The Morgan fingerprint density at radius 1 is 0.826 bits per heavy atom. The summed E-state index contributed by atoms with van der Waals surface area (Å²) in [6.45, 7) is 12.6. The zero-order valence-electron chi connectivity index (χ0n) is 27.7. The third kappa shape index (κ3) is 13.1. The van der Waals surface area contributed by atoms with Gasteiger partial charge in [0.15, 0.2) is 12.2 Å². The number of allylic oxidation sites excluding steroid dienone is 4. The summed E-state index contributed by atoms with van der Waals surface area (Å²) in [5.41, 5.74) is 3.80. The van der Waals surface area contributed by atoms with E-state index in [4.69, 9.17) is 28.4 Å². The van der Waals surface area contributed by atoms with E-state index in [0.717, 1.165) is 50.3 Å². The van der Waals surface area contributed by atoms with Gasteiger partial charge >= 0.3 is 23.9 Å². The molecular formula is C34H46O12. The summed E-state index contributed by atoms with van der Waals surface area (Å²) < 4.78 is 32.7. The molecule has 46 heavy (non-hydrogen) atoms. The Morgan fingerprint density at radius 3 is 2.04 bits per heavy atom. The molecule has 0 bridgehead atoms. The predicted octanol–water partition coefficient (Wildman–Crippen LogP) is 4.74. The number of ether oxygens (including phenoxy) is 6. The van der Waals surface area contributed by atoms with Crippen molar-refractivity contribution in [1.82, 2.24) is 0 Å². The van der Waals surface area contributed by atoms with Crippen molar-refractivity contribution in [3.63, 3.8) is 0 Å². The molecule has 1 aliphatic heterocycles. The molecule has 0 radical (unpaired) electrons. The lowest BCUT2D eigenvalue weighted by atomic mass is 10.0. The highest BCUT2D eigenvalue weighted by Crippen LogP contribution is 2.32. The van der Waals surface area contributed by atoms with Crippen molar-refractivity contribution < 1.29 is 57.8 Å². The second-order valence-electron chi connectivity index (χ2n) is 11.5. The fourth-order valence-corrected chi connectivity index (χ4v) is 4.81. The molecule has 0 saturated carbocycles. The maximum absolute atomic E-state index is 11.8. The average molecular weight is 647 g/mol. The van der Waals surface area contributed by atoms with Crippen molar-refractivity contribution in [2.24, 2.45) is 0 Å². The van der Waals surface area contributed by atoms with Crippen LogP contribution in [0.1, 0.15) is 80.2 Å². The van der Waals surface area contributed by atoms with E-state index >= 15 is 0 Å². The number of phenolic OH excluding ortho intramolecular Hbond substituents is 1. The van der Waals surface area contributed by atoms with Gasteiger partial charge in [-0.3, -0.25) is 23.9 Å². The standard InChI is InChI=1S/C34H46O12/c1-19(2)16-28(41-22(5)35)17-21(4)11-9-10-20(3)12-13-26-18-27(39)14-15-29(26)45-33-30(40)31(42-23(6)36)32(43-24(7)37)34(46-33)44-25(8)38/h11-12,14-16,18,28,30-34,39-40H,9-10,13,17H2,1-8H3. The summed E-state index contributed by atoms with van der Waals surface area (Å²) in [5, 5.41) is 21.2. The highest BCUT2D eigenvalue weighted by Gasteiger charge is 2.52. The number of rotatable bonds is 14. The SMILES string of the molecule is CC(=O)OC(C=C(C)C)CC(C)=CCCC(C)=CCc1cc(O)ccc1OC1OC(OC(C)=O)C(OC(C)=O)C(OC(C)=O)C1O. The lowest BCUT2D eigenvalue weighted by molar-refractivity contribution is -0.327. The van der Waals surface area contributed by atoms with Crippen LogP contribution in [0.25, 0.3) is 0 Å². The zero-order valence-corrected chi connectivity index (χ0v) is 27.7. The van der Waals surface area contributed by atoms with Crippen LogP contribution in [0.15, 0.2) is 53.1 Å². The fourth-order valence-electron chi connectivity index (χ4n) is 4.81. The second-order valence-corrected chi connectivity index (χ2v) is 11.5. The maximum Gasteiger partial charge on any atom is 0.305 e. The minimum Gasteiger partial charge on any atom is -0.508 e. The van der Waals surface area contributed by atoms with Crippen molar-refractivity contribution in [1.29, 1.82) is 0 Å². The van der Waals surface area contributed by atoms with Gasteiger partial charge < -0.3 is 33.9 Å². The smallest absolute Gasteiger partial charge is 0.305 e. The Morgan fingerprint density at radius 2 is 1.46 bits per heavy atom. The van der Waals surface area contributed by atoms with Gasteiger partial charge in [-0.05, 0) is 71.2 Å². The maximum atomic E-state index is 11.8. The first kappa shape index (κ1) is 38.0. The first-order valence-corrected chi connectivity index (χ1v) is 15.0. The highest BCUT2D eigenvalue weighted by molar-refractivity contribution is 5.68. The average Bonchev–Trinajstić information content (AvgIpc) is 2.91. The molecule has 0 spiro atoms. The summed E-state index contributed by atoms with van der Waals surface area (Å²) in [6, 6.07) is 4.39. The molecule has 2 rings (SSSR count). The van der Waals surface area contributed by atoms with Crippen molar-refractivity contribution >= 4 is 23.9 Å².